The zero-order chi connectivity index (χ0) is 19.2. The van der Waals surface area contributed by atoms with E-state index in [9.17, 15) is 14.1 Å². The van der Waals surface area contributed by atoms with E-state index in [4.69, 9.17) is 8.92 Å². The van der Waals surface area contributed by atoms with Crippen LogP contribution in [0.25, 0.3) is 0 Å². The molecule has 0 radical (unpaired) electrons. The summed E-state index contributed by atoms with van der Waals surface area (Å²) < 4.78 is 23.5. The minimum Gasteiger partial charge on any atom is -0.507 e. The average Bonchev–Trinajstić information content (AvgIpc) is 2.68. The van der Waals surface area contributed by atoms with Crippen LogP contribution in [0.2, 0.25) is 0 Å². The number of carbonyl (C=O) groups excluding carboxylic acids is 1. The summed E-state index contributed by atoms with van der Waals surface area (Å²) in [6.07, 6.45) is 0. The predicted octanol–water partition coefficient (Wildman–Crippen LogP) is 4.28. The van der Waals surface area contributed by atoms with Crippen molar-refractivity contribution in [3.63, 3.8) is 0 Å². The van der Waals surface area contributed by atoms with E-state index in [0.29, 0.717) is 23.0 Å². The molecule has 3 aromatic rings. The molecule has 3 rings (SSSR count). The lowest BCUT2D eigenvalue weighted by Crippen LogP contribution is -2.03. The van der Waals surface area contributed by atoms with E-state index in [2.05, 4.69) is 0 Å². The number of hydrogen-bond acceptors (Lipinski definition) is 5. The van der Waals surface area contributed by atoms with Crippen LogP contribution in [0.3, 0.4) is 0 Å². The standard InChI is InChI=1S/C21H18O5S/c1-15(22)20-13-19(11-12-21(20)23)27(24)26-18-9-7-17(8-10-18)25-14-16-5-3-2-4-6-16/h2-13,23H,14H2,1H3. The molecule has 1 atom stereocenters. The van der Waals surface area contributed by atoms with Gasteiger partial charge in [-0.05, 0) is 55.0 Å². The van der Waals surface area contributed by atoms with E-state index in [1.807, 2.05) is 30.3 Å². The van der Waals surface area contributed by atoms with Gasteiger partial charge in [-0.2, -0.15) is 0 Å². The molecule has 5 nitrogen and oxygen atoms in total. The lowest BCUT2D eigenvalue weighted by Gasteiger charge is -2.09. The minimum atomic E-state index is -1.81. The number of phenolic OH excluding ortho intramolecular Hbond substituents is 1. The molecule has 0 bridgehead atoms. The van der Waals surface area contributed by atoms with Gasteiger partial charge in [0, 0.05) is 0 Å². The second-order valence-corrected chi connectivity index (χ2v) is 6.91. The van der Waals surface area contributed by atoms with E-state index in [1.165, 1.54) is 25.1 Å². The molecule has 0 fully saturated rings. The summed E-state index contributed by atoms with van der Waals surface area (Å²) in [7, 11) is 0. The van der Waals surface area contributed by atoms with Crippen molar-refractivity contribution < 1.29 is 23.0 Å². The smallest absolute Gasteiger partial charge is 0.240 e. The summed E-state index contributed by atoms with van der Waals surface area (Å²) in [6.45, 7) is 1.78. The molecule has 0 saturated heterocycles. The number of benzene rings is 3. The largest absolute Gasteiger partial charge is 0.507 e. The van der Waals surface area contributed by atoms with Crippen LogP contribution in [0.15, 0.2) is 77.7 Å². The highest BCUT2D eigenvalue weighted by atomic mass is 32.2. The van der Waals surface area contributed by atoms with Gasteiger partial charge in [-0.15, -0.1) is 0 Å². The molecule has 138 valence electrons. The molecule has 0 amide bonds. The second-order valence-electron chi connectivity index (χ2n) is 5.80. The summed E-state index contributed by atoms with van der Waals surface area (Å²) in [4.78, 5) is 11.8. The minimum absolute atomic E-state index is 0.106. The maximum atomic E-state index is 12.4. The first-order valence-electron chi connectivity index (χ1n) is 8.24. The van der Waals surface area contributed by atoms with Crippen LogP contribution in [-0.2, 0) is 17.7 Å². The summed E-state index contributed by atoms with van der Waals surface area (Å²) >= 11 is -1.81. The van der Waals surface area contributed by atoms with Crippen LogP contribution in [0.1, 0.15) is 22.8 Å². The number of aromatic hydroxyl groups is 1. The second kappa shape index (κ2) is 8.51. The molecule has 1 unspecified atom stereocenters. The molecule has 3 aromatic carbocycles. The van der Waals surface area contributed by atoms with Gasteiger partial charge in [0.2, 0.25) is 11.1 Å². The first-order valence-corrected chi connectivity index (χ1v) is 9.31. The Hall–Kier alpha value is -3.12. The predicted molar refractivity (Wildman–Crippen MR) is 102 cm³/mol. The Balaban J connectivity index is 1.63. The van der Waals surface area contributed by atoms with Crippen LogP contribution in [0, 0.1) is 0 Å². The molecule has 6 heteroatoms. The Bertz CT molecular complexity index is 952. The van der Waals surface area contributed by atoms with E-state index in [0.717, 1.165) is 5.56 Å². The molecule has 0 saturated carbocycles. The monoisotopic (exact) mass is 382 g/mol. The van der Waals surface area contributed by atoms with E-state index in [-0.39, 0.29) is 17.1 Å². The fraction of sp³-hybridized carbons (Fsp3) is 0.0952. The van der Waals surface area contributed by atoms with Gasteiger partial charge in [-0.25, -0.2) is 4.21 Å². The maximum Gasteiger partial charge on any atom is 0.240 e. The SMILES string of the molecule is CC(=O)c1cc(S(=O)Oc2ccc(OCc3ccccc3)cc2)ccc1O. The number of hydrogen-bond donors (Lipinski definition) is 1. The van der Waals surface area contributed by atoms with Gasteiger partial charge in [0.05, 0.1) is 10.5 Å². The van der Waals surface area contributed by atoms with Crippen LogP contribution in [0.4, 0.5) is 0 Å². The number of carbonyl (C=O) groups is 1. The Morgan fingerprint density at radius 3 is 2.30 bits per heavy atom. The van der Waals surface area contributed by atoms with Gasteiger partial charge in [-0.1, -0.05) is 30.3 Å². The fourth-order valence-corrected chi connectivity index (χ4v) is 3.14. The summed E-state index contributed by atoms with van der Waals surface area (Å²) in [5.74, 6) is 0.604. The van der Waals surface area contributed by atoms with E-state index >= 15 is 0 Å². The van der Waals surface area contributed by atoms with Gasteiger partial charge >= 0.3 is 0 Å². The van der Waals surface area contributed by atoms with Gasteiger partial charge in [0.1, 0.15) is 23.9 Å². The third-order valence-corrected chi connectivity index (χ3v) is 4.77. The molecule has 0 aliphatic carbocycles. The summed E-state index contributed by atoms with van der Waals surface area (Å²) in [5, 5.41) is 9.67. The molecular formula is C21H18O5S. The number of rotatable bonds is 7. The number of Topliss-reactive ketones (excluding diaryl/α,β-unsaturated/α-hetero) is 1. The van der Waals surface area contributed by atoms with Crippen molar-refractivity contribution in [1.82, 2.24) is 0 Å². The highest BCUT2D eigenvalue weighted by Gasteiger charge is 2.13. The first kappa shape index (κ1) is 18.7. The van der Waals surface area contributed by atoms with Crippen molar-refractivity contribution in [3.05, 3.63) is 83.9 Å². The number of ether oxygens (including phenoxy) is 1. The Morgan fingerprint density at radius 1 is 0.963 bits per heavy atom. The van der Waals surface area contributed by atoms with Crippen molar-refractivity contribution in [2.45, 2.75) is 18.4 Å². The molecule has 1 N–H and O–H groups in total. The fourth-order valence-electron chi connectivity index (χ4n) is 2.37. The zero-order valence-corrected chi connectivity index (χ0v) is 15.4. The first-order chi connectivity index (χ1) is 13.0. The third-order valence-electron chi connectivity index (χ3n) is 3.78. The highest BCUT2D eigenvalue weighted by Crippen LogP contribution is 2.24. The Morgan fingerprint density at radius 2 is 1.63 bits per heavy atom. The van der Waals surface area contributed by atoms with Gasteiger partial charge in [0.15, 0.2) is 5.78 Å². The molecule has 27 heavy (non-hydrogen) atoms. The van der Waals surface area contributed by atoms with Crippen LogP contribution < -0.4 is 8.92 Å². The molecule has 0 aliphatic rings. The van der Waals surface area contributed by atoms with Crippen molar-refractivity contribution in [1.29, 1.82) is 0 Å². The lowest BCUT2D eigenvalue weighted by molar-refractivity contribution is 0.101. The Labute approximate surface area is 159 Å². The number of phenols is 1. The van der Waals surface area contributed by atoms with E-state index < -0.39 is 11.1 Å². The molecular weight excluding hydrogens is 364 g/mol. The molecule has 0 heterocycles. The third kappa shape index (κ3) is 4.95. The van der Waals surface area contributed by atoms with E-state index in [1.54, 1.807) is 24.3 Å². The van der Waals surface area contributed by atoms with Crippen LogP contribution >= 0.6 is 0 Å². The van der Waals surface area contributed by atoms with Crippen LogP contribution in [0.5, 0.6) is 17.2 Å². The lowest BCUT2D eigenvalue weighted by atomic mass is 10.1. The Kier molecular flexibility index (Phi) is 5.88. The van der Waals surface area contributed by atoms with Gasteiger partial charge in [-0.3, -0.25) is 4.79 Å². The quantitative estimate of drug-likeness (QED) is 0.618. The summed E-state index contributed by atoms with van der Waals surface area (Å²) in [6, 6.07) is 20.7. The van der Waals surface area contributed by atoms with Crippen molar-refractivity contribution in [2.75, 3.05) is 0 Å². The van der Waals surface area contributed by atoms with Crippen LogP contribution in [-0.4, -0.2) is 15.1 Å². The molecule has 0 aromatic heterocycles. The zero-order valence-electron chi connectivity index (χ0n) is 14.6. The average molecular weight is 382 g/mol. The molecule has 0 spiro atoms. The van der Waals surface area contributed by atoms with Crippen molar-refractivity contribution in [3.8, 4) is 17.2 Å². The summed E-state index contributed by atoms with van der Waals surface area (Å²) in [5.41, 5.74) is 1.17. The van der Waals surface area contributed by atoms with Gasteiger partial charge in [0.25, 0.3) is 0 Å². The number of ketones is 1. The normalized spacial score (nSPS) is 11.6. The van der Waals surface area contributed by atoms with Crippen molar-refractivity contribution in [2.24, 2.45) is 0 Å². The topological polar surface area (TPSA) is 72.8 Å². The van der Waals surface area contributed by atoms with Gasteiger partial charge < -0.3 is 14.0 Å². The van der Waals surface area contributed by atoms with Crippen molar-refractivity contribution >= 4 is 16.9 Å². The maximum absolute atomic E-state index is 12.4. The highest BCUT2D eigenvalue weighted by molar-refractivity contribution is 7.80. The molecule has 0 aliphatic heterocycles.